The Morgan fingerprint density at radius 2 is 2.14 bits per heavy atom. The van der Waals surface area contributed by atoms with Gasteiger partial charge in [-0.1, -0.05) is 5.16 Å². The zero-order valence-corrected chi connectivity index (χ0v) is 11.2. The number of carbonyl (C=O) groups is 1. The Morgan fingerprint density at radius 1 is 1.38 bits per heavy atom. The van der Waals surface area contributed by atoms with Gasteiger partial charge in [0.05, 0.1) is 12.6 Å². The Labute approximate surface area is 118 Å². The Bertz CT molecular complexity index is 527. The molecule has 2 fully saturated rings. The SMILES string of the molecule is O=C(NC1CC1)c1noc([C@H]2CCCN2CC(F)(F)F)n1. The molecule has 0 unspecified atom stereocenters. The maximum absolute atomic E-state index is 12.5. The number of nitrogens with one attached hydrogen (secondary N) is 1. The first-order valence-electron chi connectivity index (χ1n) is 6.87. The third-order valence-corrected chi connectivity index (χ3v) is 3.59. The average molecular weight is 304 g/mol. The van der Waals surface area contributed by atoms with Gasteiger partial charge in [0.25, 0.3) is 11.7 Å². The molecule has 1 aliphatic carbocycles. The van der Waals surface area contributed by atoms with Gasteiger partial charge >= 0.3 is 6.18 Å². The average Bonchev–Trinajstić information content (AvgIpc) is 2.89. The minimum atomic E-state index is -4.27. The van der Waals surface area contributed by atoms with Gasteiger partial charge in [0.15, 0.2) is 0 Å². The van der Waals surface area contributed by atoms with Gasteiger partial charge in [-0.05, 0) is 32.2 Å². The third-order valence-electron chi connectivity index (χ3n) is 3.59. The van der Waals surface area contributed by atoms with E-state index >= 15 is 0 Å². The lowest BCUT2D eigenvalue weighted by Gasteiger charge is -2.22. The van der Waals surface area contributed by atoms with Crippen LogP contribution in [0.1, 0.15) is 48.2 Å². The highest BCUT2D eigenvalue weighted by Crippen LogP contribution is 2.33. The molecular weight excluding hydrogens is 289 g/mol. The molecule has 1 aliphatic heterocycles. The second-order valence-electron chi connectivity index (χ2n) is 5.45. The molecule has 0 aromatic carbocycles. The van der Waals surface area contributed by atoms with Crippen LogP contribution in [0.4, 0.5) is 13.2 Å². The summed E-state index contributed by atoms with van der Waals surface area (Å²) in [6.07, 6.45) is -1.26. The van der Waals surface area contributed by atoms with E-state index in [-0.39, 0.29) is 17.8 Å². The number of aromatic nitrogens is 2. The van der Waals surface area contributed by atoms with Crippen LogP contribution in [-0.2, 0) is 0 Å². The number of carbonyl (C=O) groups excluding carboxylic acids is 1. The van der Waals surface area contributed by atoms with Crippen LogP contribution in [0.3, 0.4) is 0 Å². The Morgan fingerprint density at radius 3 is 2.81 bits per heavy atom. The first kappa shape index (κ1) is 14.3. The fraction of sp³-hybridized carbons (Fsp3) is 0.750. The fourth-order valence-electron chi connectivity index (χ4n) is 2.47. The summed E-state index contributed by atoms with van der Waals surface area (Å²) in [5, 5.41) is 6.27. The van der Waals surface area contributed by atoms with E-state index in [0.717, 1.165) is 12.8 Å². The lowest BCUT2D eigenvalue weighted by atomic mass is 10.2. The van der Waals surface area contributed by atoms with E-state index in [1.54, 1.807) is 0 Å². The standard InChI is InChI=1S/C12H15F3N4O2/c13-12(14,15)6-19-5-1-2-8(19)11-17-9(18-21-11)10(20)16-7-3-4-7/h7-8H,1-6H2,(H,16,20)/t8-/m1/s1. The van der Waals surface area contributed by atoms with Crippen molar-refractivity contribution < 1.29 is 22.5 Å². The third kappa shape index (κ3) is 3.52. The molecule has 9 heteroatoms. The Kier molecular flexibility index (Phi) is 3.60. The van der Waals surface area contributed by atoms with E-state index in [9.17, 15) is 18.0 Å². The maximum Gasteiger partial charge on any atom is 0.401 e. The smallest absolute Gasteiger partial charge is 0.346 e. The molecule has 21 heavy (non-hydrogen) atoms. The predicted octanol–water partition coefficient (Wildman–Crippen LogP) is 1.66. The monoisotopic (exact) mass is 304 g/mol. The van der Waals surface area contributed by atoms with Gasteiger partial charge in [-0.25, -0.2) is 0 Å². The largest absolute Gasteiger partial charge is 0.401 e. The van der Waals surface area contributed by atoms with Gasteiger partial charge in [-0.3, -0.25) is 9.69 Å². The van der Waals surface area contributed by atoms with Crippen LogP contribution in [0.25, 0.3) is 0 Å². The molecule has 3 rings (SSSR count). The maximum atomic E-state index is 12.5. The molecule has 0 radical (unpaired) electrons. The number of hydrogen-bond donors (Lipinski definition) is 1. The van der Waals surface area contributed by atoms with Gasteiger partial charge in [-0.2, -0.15) is 18.2 Å². The zero-order chi connectivity index (χ0) is 15.0. The van der Waals surface area contributed by atoms with Crippen molar-refractivity contribution in [1.82, 2.24) is 20.4 Å². The van der Waals surface area contributed by atoms with E-state index in [2.05, 4.69) is 15.5 Å². The first-order chi connectivity index (χ1) is 9.92. The van der Waals surface area contributed by atoms with Crippen LogP contribution in [0.15, 0.2) is 4.52 Å². The molecule has 0 bridgehead atoms. The summed E-state index contributed by atoms with van der Waals surface area (Å²) < 4.78 is 42.5. The molecule has 1 atom stereocenters. The van der Waals surface area contributed by atoms with Crippen molar-refractivity contribution in [3.8, 4) is 0 Å². The fourth-order valence-corrected chi connectivity index (χ4v) is 2.47. The highest BCUT2D eigenvalue weighted by atomic mass is 19.4. The molecule has 2 heterocycles. The predicted molar refractivity (Wildman–Crippen MR) is 64.4 cm³/mol. The van der Waals surface area contributed by atoms with E-state index in [4.69, 9.17) is 4.52 Å². The minimum Gasteiger partial charge on any atom is -0.346 e. The molecule has 1 amide bonds. The van der Waals surface area contributed by atoms with Crippen molar-refractivity contribution >= 4 is 5.91 Å². The normalized spacial score (nSPS) is 23.5. The van der Waals surface area contributed by atoms with Crippen LogP contribution in [0.5, 0.6) is 0 Å². The van der Waals surface area contributed by atoms with Crippen molar-refractivity contribution in [3.05, 3.63) is 11.7 Å². The summed E-state index contributed by atoms with van der Waals surface area (Å²) in [5.74, 6) is -0.471. The summed E-state index contributed by atoms with van der Waals surface area (Å²) >= 11 is 0. The van der Waals surface area contributed by atoms with Crippen LogP contribution in [0.2, 0.25) is 0 Å². The van der Waals surface area contributed by atoms with Crippen LogP contribution >= 0.6 is 0 Å². The molecule has 1 aromatic heterocycles. The lowest BCUT2D eigenvalue weighted by Crippen LogP contribution is -2.34. The van der Waals surface area contributed by atoms with E-state index in [1.165, 1.54) is 4.90 Å². The highest BCUT2D eigenvalue weighted by Gasteiger charge is 2.39. The number of nitrogens with zero attached hydrogens (tertiary/aromatic N) is 3. The molecule has 6 nitrogen and oxygen atoms in total. The van der Waals surface area contributed by atoms with E-state index in [0.29, 0.717) is 19.4 Å². The Balaban J connectivity index is 1.68. The van der Waals surface area contributed by atoms with Gasteiger partial charge in [0, 0.05) is 6.04 Å². The molecule has 1 saturated heterocycles. The van der Waals surface area contributed by atoms with Gasteiger partial charge < -0.3 is 9.84 Å². The number of alkyl halides is 3. The number of rotatable bonds is 4. The number of likely N-dealkylation sites (tertiary alicyclic amines) is 1. The van der Waals surface area contributed by atoms with Gasteiger partial charge in [-0.15, -0.1) is 0 Å². The molecule has 1 saturated carbocycles. The molecule has 116 valence electrons. The Hall–Kier alpha value is -1.64. The van der Waals surface area contributed by atoms with Gasteiger partial charge in [0.1, 0.15) is 0 Å². The number of amides is 1. The van der Waals surface area contributed by atoms with Crippen molar-refractivity contribution in [2.24, 2.45) is 0 Å². The van der Waals surface area contributed by atoms with Crippen molar-refractivity contribution in [1.29, 1.82) is 0 Å². The zero-order valence-electron chi connectivity index (χ0n) is 11.2. The second kappa shape index (κ2) is 5.28. The molecule has 1 N–H and O–H groups in total. The van der Waals surface area contributed by atoms with E-state index < -0.39 is 24.7 Å². The highest BCUT2D eigenvalue weighted by molar-refractivity contribution is 5.90. The summed E-state index contributed by atoms with van der Waals surface area (Å²) in [5.41, 5.74) is 0. The lowest BCUT2D eigenvalue weighted by molar-refractivity contribution is -0.148. The minimum absolute atomic E-state index is 0.0812. The van der Waals surface area contributed by atoms with Crippen LogP contribution < -0.4 is 5.32 Å². The summed E-state index contributed by atoms with van der Waals surface area (Å²) in [4.78, 5) is 17.0. The van der Waals surface area contributed by atoms with Crippen LogP contribution in [-0.4, -0.2) is 46.3 Å². The number of halogens is 3. The van der Waals surface area contributed by atoms with Gasteiger partial charge in [0.2, 0.25) is 5.89 Å². The molecular formula is C12H15F3N4O2. The molecule has 1 aromatic rings. The van der Waals surface area contributed by atoms with Crippen molar-refractivity contribution in [3.63, 3.8) is 0 Å². The number of hydrogen-bond acceptors (Lipinski definition) is 5. The second-order valence-corrected chi connectivity index (χ2v) is 5.45. The van der Waals surface area contributed by atoms with Crippen LogP contribution in [0, 0.1) is 0 Å². The molecule has 0 spiro atoms. The summed E-state index contributed by atoms with van der Waals surface area (Å²) in [7, 11) is 0. The summed E-state index contributed by atoms with van der Waals surface area (Å²) in [6.45, 7) is -0.681. The topological polar surface area (TPSA) is 71.3 Å². The van der Waals surface area contributed by atoms with Crippen molar-refractivity contribution in [2.75, 3.05) is 13.1 Å². The van der Waals surface area contributed by atoms with Crippen molar-refractivity contribution in [2.45, 2.75) is 43.9 Å². The van der Waals surface area contributed by atoms with E-state index in [1.807, 2.05) is 0 Å². The first-order valence-corrected chi connectivity index (χ1v) is 6.87. The quantitative estimate of drug-likeness (QED) is 0.916. The molecule has 2 aliphatic rings. The summed E-state index contributed by atoms with van der Waals surface area (Å²) in [6, 6.07) is -0.408.